The first kappa shape index (κ1) is 32.6. The predicted octanol–water partition coefficient (Wildman–Crippen LogP) is 10.8. The molecule has 0 aliphatic heterocycles. The van der Waals surface area contributed by atoms with Crippen molar-refractivity contribution in [3.63, 3.8) is 0 Å². The normalized spacial score (nSPS) is 12.5. The van der Waals surface area contributed by atoms with Crippen LogP contribution in [0.4, 0.5) is 0 Å². The van der Waals surface area contributed by atoms with E-state index in [2.05, 4.69) is 51.5 Å². The van der Waals surface area contributed by atoms with Gasteiger partial charge in [-0.25, -0.2) is 4.98 Å². The first-order valence-electron chi connectivity index (χ1n) is 16.9. The molecule has 7 rings (SSSR count). The molecule has 0 aliphatic rings. The smallest absolute Gasteiger partial charge is 0.216 e. The Labute approximate surface area is 303 Å². The van der Waals surface area contributed by atoms with Crippen LogP contribution in [0.2, 0.25) is 17.3 Å². The van der Waals surface area contributed by atoms with E-state index in [4.69, 9.17) is 12.1 Å². The predicted molar refractivity (Wildman–Crippen MR) is 199 cm³/mol. The summed E-state index contributed by atoms with van der Waals surface area (Å²) in [6.07, 6.45) is 3.75. The maximum Gasteiger partial charge on any atom is 0.216 e. The van der Waals surface area contributed by atoms with Gasteiger partial charge >= 0.3 is 120 Å². The second kappa shape index (κ2) is 15.1. The van der Waals surface area contributed by atoms with Crippen molar-refractivity contribution in [3.8, 4) is 33.8 Å². The van der Waals surface area contributed by atoms with Gasteiger partial charge in [-0.1, -0.05) is 61.2 Å². The number of furan rings is 1. The molecule has 0 saturated carbocycles. The number of fused-ring (bicyclic) bond motifs is 3. The minimum atomic E-state index is -2.03. The molecule has 4 nitrogen and oxygen atoms in total. The van der Waals surface area contributed by atoms with E-state index in [0.717, 1.165) is 61.3 Å². The Balaban J connectivity index is 0.000000204. The minimum Gasteiger partial charge on any atom is -0.486 e. The van der Waals surface area contributed by atoms with Gasteiger partial charge in [0.25, 0.3) is 0 Å². The zero-order valence-corrected chi connectivity index (χ0v) is 33.0. The van der Waals surface area contributed by atoms with Crippen molar-refractivity contribution in [2.24, 2.45) is 0 Å². The molecule has 0 unspecified atom stereocenters. The molecule has 0 bridgehead atoms. The minimum absolute atomic E-state index is 0. The molecule has 3 aromatic carbocycles. The van der Waals surface area contributed by atoms with Crippen LogP contribution in [0, 0.1) is 12.1 Å². The summed E-state index contributed by atoms with van der Waals surface area (Å²) >= 11 is -2.03. The molecule has 0 fully saturated rings. The van der Waals surface area contributed by atoms with E-state index < -0.39 is 25.1 Å². The van der Waals surface area contributed by atoms with E-state index in [-0.39, 0.29) is 20.1 Å². The van der Waals surface area contributed by atoms with Crippen molar-refractivity contribution in [2.45, 2.75) is 56.8 Å². The molecule has 7 aromatic rings. The molecular formula is C42H41GeIrN3O-2. The summed E-state index contributed by atoms with van der Waals surface area (Å²) in [5.74, 6) is 5.77. The SMILES string of the molecule is [2H]C(C)(C)c1cc(-c2[c-]cccc2)nc[c]1[Ge]([CH3])([CH3])[CH3].[2H]C(C)(C)c1ccnc(-c2[c-]cc3oc4nc(-c5ccccc5)ccc4c3c2)c1.[Ir]. The van der Waals surface area contributed by atoms with Crippen molar-refractivity contribution < 1.29 is 27.3 Å². The molecule has 1 radical (unpaired) electrons. The molecular weight excluding hydrogens is 827 g/mol. The quantitative estimate of drug-likeness (QED) is 0.123. The molecule has 0 amide bonds. The van der Waals surface area contributed by atoms with Crippen molar-refractivity contribution >= 4 is 39.7 Å². The van der Waals surface area contributed by atoms with E-state index in [1.54, 1.807) is 6.20 Å². The number of hydrogen-bond acceptors (Lipinski definition) is 4. The summed E-state index contributed by atoms with van der Waals surface area (Å²) in [5.41, 5.74) is 8.91. The number of aromatic nitrogens is 3. The van der Waals surface area contributed by atoms with Crippen LogP contribution in [-0.2, 0) is 20.1 Å². The average molecular weight is 871 g/mol. The third-order valence-electron chi connectivity index (χ3n) is 8.19. The number of hydrogen-bond donors (Lipinski definition) is 0. The van der Waals surface area contributed by atoms with Crippen LogP contribution in [-0.4, -0.2) is 28.2 Å². The number of rotatable bonds is 6. The average Bonchev–Trinajstić information content (AvgIpc) is 3.45. The van der Waals surface area contributed by atoms with Crippen LogP contribution in [0.1, 0.15) is 53.4 Å². The van der Waals surface area contributed by atoms with Crippen molar-refractivity contribution in [1.82, 2.24) is 15.0 Å². The van der Waals surface area contributed by atoms with Crippen molar-refractivity contribution in [1.29, 1.82) is 0 Å². The van der Waals surface area contributed by atoms with E-state index in [1.807, 2.05) is 119 Å². The molecule has 0 N–H and O–H groups in total. The van der Waals surface area contributed by atoms with Crippen molar-refractivity contribution in [2.75, 3.05) is 0 Å². The van der Waals surface area contributed by atoms with Gasteiger partial charge < -0.3 is 9.40 Å². The fraction of sp³-hybridized carbons (Fsp3) is 0.214. The molecule has 0 aliphatic carbocycles. The van der Waals surface area contributed by atoms with Gasteiger partial charge in [0.05, 0.1) is 11.3 Å². The Morgan fingerprint density at radius 2 is 1.48 bits per heavy atom. The third kappa shape index (κ3) is 7.86. The van der Waals surface area contributed by atoms with Crippen molar-refractivity contribution in [3.05, 3.63) is 133 Å². The van der Waals surface area contributed by atoms with E-state index in [0.29, 0.717) is 5.71 Å². The third-order valence-corrected chi connectivity index (χ3v) is 12.4. The Bertz CT molecular complexity index is 2240. The van der Waals surface area contributed by atoms with E-state index in [1.165, 1.54) is 4.40 Å². The largest absolute Gasteiger partial charge is 0.486 e. The van der Waals surface area contributed by atoms with E-state index >= 15 is 0 Å². The number of benzene rings is 3. The summed E-state index contributed by atoms with van der Waals surface area (Å²) in [5, 5.41) is 1.95. The first-order chi connectivity index (χ1) is 23.2. The van der Waals surface area contributed by atoms with Gasteiger partial charge in [-0.15, -0.1) is 23.8 Å². The molecule has 4 aromatic heterocycles. The maximum absolute atomic E-state index is 8.44. The molecule has 0 spiro atoms. The van der Waals surface area contributed by atoms with Gasteiger partial charge in [0.1, 0.15) is 0 Å². The van der Waals surface area contributed by atoms with Crippen LogP contribution in [0.3, 0.4) is 0 Å². The van der Waals surface area contributed by atoms with E-state index in [9.17, 15) is 0 Å². The topological polar surface area (TPSA) is 51.8 Å². The van der Waals surface area contributed by atoms with Gasteiger partial charge in [0.15, 0.2) is 0 Å². The zero-order valence-electron chi connectivity index (χ0n) is 30.5. The monoisotopic (exact) mass is 872 g/mol. The van der Waals surface area contributed by atoms with Crippen LogP contribution in [0.25, 0.3) is 55.8 Å². The summed E-state index contributed by atoms with van der Waals surface area (Å²) in [4.78, 5) is 13.8. The fourth-order valence-corrected chi connectivity index (χ4v) is 8.89. The summed E-state index contributed by atoms with van der Waals surface area (Å²) in [7, 11) is 0. The van der Waals surface area contributed by atoms with Gasteiger partial charge in [0, 0.05) is 38.6 Å². The fourth-order valence-electron chi connectivity index (χ4n) is 5.57. The molecule has 245 valence electrons. The molecule has 0 atom stereocenters. The van der Waals surface area contributed by atoms with Gasteiger partial charge in [-0.2, -0.15) is 0 Å². The zero-order chi connectivity index (χ0) is 35.0. The van der Waals surface area contributed by atoms with Gasteiger partial charge in [0.2, 0.25) is 5.71 Å². The maximum atomic E-state index is 8.44. The number of nitrogens with zero attached hydrogens (tertiary/aromatic N) is 3. The number of pyridine rings is 3. The van der Waals surface area contributed by atoms with Crippen LogP contribution in [0.15, 0.2) is 114 Å². The first-order valence-corrected chi connectivity index (χ1v) is 23.3. The van der Waals surface area contributed by atoms with Crippen LogP contribution in [0.5, 0.6) is 0 Å². The second-order valence-corrected chi connectivity index (χ2v) is 23.8. The standard InChI is InChI=1S/C25H19N2O.C17H22GeN.Ir/c1-16(2)18-12-13-26-23(15-18)19-8-11-24-21(14-19)20-9-10-22(27-25(20)28-24)17-6-4-3-5-7-17;1-13(2)15-11-17(14-9-7-6-8-10-14)19-12-16(15)18(3,4)5;/h3-7,9-16H,1-2H3;6-9,11-13H,1-5H3;/q2*-1;/i16D;13D;. The van der Waals surface area contributed by atoms with Gasteiger partial charge in [-0.3, -0.25) is 0 Å². The summed E-state index contributed by atoms with van der Waals surface area (Å²) in [6.45, 7) is 7.66. The Kier molecular flexibility index (Phi) is 10.3. The molecule has 4 heterocycles. The Morgan fingerprint density at radius 1 is 0.729 bits per heavy atom. The Hall–Kier alpha value is -3.90. The van der Waals surface area contributed by atoms with Crippen LogP contribution < -0.4 is 4.40 Å². The summed E-state index contributed by atoms with van der Waals surface area (Å²) in [6, 6.07) is 38.3. The van der Waals surface area contributed by atoms with Crippen LogP contribution >= 0.6 is 0 Å². The Morgan fingerprint density at radius 3 is 2.17 bits per heavy atom. The molecule has 6 heteroatoms. The molecule has 0 saturated heterocycles. The molecule has 48 heavy (non-hydrogen) atoms. The summed E-state index contributed by atoms with van der Waals surface area (Å²) < 4.78 is 24.0. The second-order valence-electron chi connectivity index (χ2n) is 13.2. The van der Waals surface area contributed by atoms with Gasteiger partial charge in [-0.05, 0) is 29.8 Å².